The Morgan fingerprint density at radius 2 is 1.84 bits per heavy atom. The van der Waals surface area contributed by atoms with Gasteiger partial charge in [0.25, 0.3) is 0 Å². The average molecular weight is 336 g/mol. The van der Waals surface area contributed by atoms with Crippen molar-refractivity contribution in [2.24, 2.45) is 0 Å². The van der Waals surface area contributed by atoms with Crippen molar-refractivity contribution in [3.05, 3.63) is 69.3 Å². The summed E-state index contributed by atoms with van der Waals surface area (Å²) in [6.07, 6.45) is 0. The van der Waals surface area contributed by atoms with Crippen molar-refractivity contribution in [1.29, 1.82) is 0 Å². The summed E-state index contributed by atoms with van der Waals surface area (Å²) in [5.41, 5.74) is 1.13. The number of fused-ring (bicyclic) bond motifs is 1. The van der Waals surface area contributed by atoms with Crippen molar-refractivity contribution < 1.29 is 9.21 Å². The first kappa shape index (κ1) is 12.5. The zero-order valence-corrected chi connectivity index (χ0v) is 12.0. The van der Waals surface area contributed by atoms with Crippen molar-refractivity contribution in [2.75, 3.05) is 0 Å². The summed E-state index contributed by atoms with van der Waals surface area (Å²) >= 11 is 9.37. The molecule has 0 atom stereocenters. The van der Waals surface area contributed by atoms with Crippen molar-refractivity contribution in [3.8, 4) is 0 Å². The number of halogens is 2. The molecule has 0 bridgehead atoms. The van der Waals surface area contributed by atoms with Gasteiger partial charge in [0.05, 0.1) is 5.02 Å². The number of rotatable bonds is 2. The fourth-order valence-corrected chi connectivity index (χ4v) is 2.37. The summed E-state index contributed by atoms with van der Waals surface area (Å²) < 4.78 is 6.48. The van der Waals surface area contributed by atoms with Gasteiger partial charge in [-0.2, -0.15) is 0 Å². The highest BCUT2D eigenvalue weighted by atomic mass is 79.9. The van der Waals surface area contributed by atoms with Crippen molar-refractivity contribution in [3.63, 3.8) is 0 Å². The third-order valence-corrected chi connectivity index (χ3v) is 3.65. The zero-order chi connectivity index (χ0) is 13.4. The third-order valence-electron chi connectivity index (χ3n) is 2.83. The van der Waals surface area contributed by atoms with Crippen LogP contribution >= 0.6 is 27.5 Å². The minimum Gasteiger partial charge on any atom is -0.451 e. The highest BCUT2D eigenvalue weighted by Gasteiger charge is 2.15. The molecule has 1 aromatic heterocycles. The van der Waals surface area contributed by atoms with Crippen molar-refractivity contribution in [2.45, 2.75) is 0 Å². The quantitative estimate of drug-likeness (QED) is 0.611. The molecule has 4 heteroatoms. The minimum absolute atomic E-state index is 0.153. The van der Waals surface area contributed by atoms with Crippen LogP contribution in [0.15, 0.2) is 57.4 Å². The van der Waals surface area contributed by atoms with E-state index in [-0.39, 0.29) is 5.78 Å². The van der Waals surface area contributed by atoms with Gasteiger partial charge in [0.2, 0.25) is 5.78 Å². The summed E-state index contributed by atoms with van der Waals surface area (Å²) in [6, 6.07) is 14.3. The van der Waals surface area contributed by atoms with Crippen LogP contribution in [0.1, 0.15) is 16.1 Å². The van der Waals surface area contributed by atoms with Crippen LogP contribution in [0.2, 0.25) is 5.02 Å². The van der Waals surface area contributed by atoms with Gasteiger partial charge < -0.3 is 4.42 Å². The molecule has 0 N–H and O–H groups in total. The van der Waals surface area contributed by atoms with Crippen LogP contribution in [0.3, 0.4) is 0 Å². The highest BCUT2D eigenvalue weighted by molar-refractivity contribution is 9.10. The molecule has 19 heavy (non-hydrogen) atoms. The van der Waals surface area contributed by atoms with Crippen LogP contribution in [0.4, 0.5) is 0 Å². The van der Waals surface area contributed by atoms with E-state index in [0.717, 1.165) is 9.86 Å². The maximum Gasteiger partial charge on any atom is 0.228 e. The summed E-state index contributed by atoms with van der Waals surface area (Å²) in [5, 5.41) is 1.33. The van der Waals surface area contributed by atoms with E-state index in [9.17, 15) is 4.79 Å². The van der Waals surface area contributed by atoms with E-state index in [4.69, 9.17) is 16.0 Å². The lowest BCUT2D eigenvalue weighted by atomic mass is 10.1. The van der Waals surface area contributed by atoms with E-state index in [1.807, 2.05) is 24.3 Å². The van der Waals surface area contributed by atoms with Gasteiger partial charge in [-0.15, -0.1) is 0 Å². The third kappa shape index (κ3) is 2.31. The van der Waals surface area contributed by atoms with Gasteiger partial charge >= 0.3 is 0 Å². The zero-order valence-electron chi connectivity index (χ0n) is 9.69. The lowest BCUT2D eigenvalue weighted by molar-refractivity contribution is 0.101. The van der Waals surface area contributed by atoms with Gasteiger partial charge in [-0.1, -0.05) is 39.7 Å². The van der Waals surface area contributed by atoms with Gasteiger partial charge in [0.15, 0.2) is 11.3 Å². The molecule has 0 saturated heterocycles. The highest BCUT2D eigenvalue weighted by Crippen LogP contribution is 2.27. The van der Waals surface area contributed by atoms with E-state index in [2.05, 4.69) is 15.9 Å². The molecule has 0 unspecified atom stereocenters. The number of benzene rings is 2. The molecule has 94 valence electrons. The molecule has 3 aromatic rings. The van der Waals surface area contributed by atoms with Gasteiger partial charge in [-0.05, 0) is 36.4 Å². The number of ketones is 1. The van der Waals surface area contributed by atoms with Gasteiger partial charge in [-0.3, -0.25) is 4.79 Å². The molecule has 0 fully saturated rings. The van der Waals surface area contributed by atoms with E-state index >= 15 is 0 Å². The topological polar surface area (TPSA) is 30.2 Å². The monoisotopic (exact) mass is 334 g/mol. The van der Waals surface area contributed by atoms with Crippen molar-refractivity contribution >= 4 is 44.3 Å². The van der Waals surface area contributed by atoms with Crippen LogP contribution in [0.25, 0.3) is 11.0 Å². The fraction of sp³-hybridized carbons (Fsp3) is 0. The van der Waals surface area contributed by atoms with Crippen LogP contribution in [-0.2, 0) is 0 Å². The first-order valence-corrected chi connectivity index (χ1v) is 6.80. The molecule has 0 aliphatic rings. The van der Waals surface area contributed by atoms with Gasteiger partial charge in [0, 0.05) is 15.4 Å². The Bertz CT molecular complexity index is 759. The normalized spacial score (nSPS) is 10.8. The number of carbonyl (C=O) groups excluding carboxylic acids is 1. The molecule has 0 amide bonds. The molecule has 0 saturated carbocycles. The molecule has 0 radical (unpaired) electrons. The Kier molecular flexibility index (Phi) is 3.17. The number of para-hydroxylation sites is 1. The lowest BCUT2D eigenvalue weighted by Gasteiger charge is -1.97. The Hall–Kier alpha value is -1.58. The van der Waals surface area contributed by atoms with E-state index in [1.165, 1.54) is 0 Å². The molecule has 3 rings (SSSR count). The molecular weight excluding hydrogens is 328 g/mol. The Labute approximate surface area is 123 Å². The molecule has 0 aliphatic carbocycles. The molecule has 0 spiro atoms. The maximum atomic E-state index is 12.3. The number of furan rings is 1. The second-order valence-corrected chi connectivity index (χ2v) is 5.43. The Morgan fingerprint density at radius 3 is 2.53 bits per heavy atom. The van der Waals surface area contributed by atoms with E-state index in [1.54, 1.807) is 24.3 Å². The van der Waals surface area contributed by atoms with Crippen LogP contribution < -0.4 is 0 Å². The van der Waals surface area contributed by atoms with Crippen LogP contribution in [-0.4, -0.2) is 5.78 Å². The SMILES string of the molecule is O=C(c1ccc(Br)cc1)c1cc2cccc(Cl)c2o1. The Balaban J connectivity index is 2.06. The second-order valence-electron chi connectivity index (χ2n) is 4.10. The van der Waals surface area contributed by atoms with Gasteiger partial charge in [-0.25, -0.2) is 0 Å². The predicted octanol–water partition coefficient (Wildman–Crippen LogP) is 5.08. The predicted molar refractivity (Wildman–Crippen MR) is 78.8 cm³/mol. The standard InChI is InChI=1S/C15H8BrClO2/c16-11-6-4-9(5-7-11)14(18)13-8-10-2-1-3-12(17)15(10)19-13/h1-8H. The largest absolute Gasteiger partial charge is 0.451 e. The lowest BCUT2D eigenvalue weighted by Crippen LogP contribution is -1.98. The molecule has 1 heterocycles. The molecule has 2 nitrogen and oxygen atoms in total. The average Bonchev–Trinajstić information content (AvgIpc) is 2.84. The number of hydrogen-bond donors (Lipinski definition) is 0. The first-order valence-electron chi connectivity index (χ1n) is 5.63. The van der Waals surface area contributed by atoms with Crippen LogP contribution in [0.5, 0.6) is 0 Å². The summed E-state index contributed by atoms with van der Waals surface area (Å²) in [5.74, 6) is 0.144. The minimum atomic E-state index is -0.153. The summed E-state index contributed by atoms with van der Waals surface area (Å²) in [4.78, 5) is 12.3. The second kappa shape index (κ2) is 4.83. The molecule has 2 aromatic carbocycles. The van der Waals surface area contributed by atoms with E-state index in [0.29, 0.717) is 21.9 Å². The number of hydrogen-bond acceptors (Lipinski definition) is 2. The number of carbonyl (C=O) groups is 1. The fourth-order valence-electron chi connectivity index (χ4n) is 1.88. The molecular formula is C15H8BrClO2. The smallest absolute Gasteiger partial charge is 0.228 e. The molecule has 0 aliphatic heterocycles. The first-order chi connectivity index (χ1) is 9.15. The van der Waals surface area contributed by atoms with Crippen molar-refractivity contribution in [1.82, 2.24) is 0 Å². The Morgan fingerprint density at radius 1 is 1.11 bits per heavy atom. The van der Waals surface area contributed by atoms with Gasteiger partial charge in [0.1, 0.15) is 0 Å². The summed E-state index contributed by atoms with van der Waals surface area (Å²) in [7, 11) is 0. The van der Waals surface area contributed by atoms with Crippen LogP contribution in [0, 0.1) is 0 Å². The maximum absolute atomic E-state index is 12.3. The van der Waals surface area contributed by atoms with E-state index < -0.39 is 0 Å². The summed E-state index contributed by atoms with van der Waals surface area (Å²) in [6.45, 7) is 0.